The van der Waals surface area contributed by atoms with Crippen molar-refractivity contribution in [1.82, 2.24) is 0 Å². The van der Waals surface area contributed by atoms with E-state index in [9.17, 15) is 0 Å². The molecule has 2 radical (unpaired) electrons. The molecule has 0 aromatic heterocycles. The fourth-order valence-electron chi connectivity index (χ4n) is 0. The first-order valence-electron chi connectivity index (χ1n) is 0.365. The van der Waals surface area contributed by atoms with Crippen LogP contribution in [0.3, 0.4) is 0 Å². The average molecular weight is 309 g/mol. The molecule has 0 saturated heterocycles. The Morgan fingerprint density at radius 1 is 1.25 bits per heavy atom. The molecule has 4 heteroatoms. The van der Waals surface area contributed by atoms with Crippen molar-refractivity contribution >= 4 is 49.3 Å². The summed E-state index contributed by atoms with van der Waals surface area (Å²) in [6.07, 6.45) is 0. The second kappa shape index (κ2) is 8.82. The molecule has 0 nitrogen and oxygen atoms in total. The predicted octanol–water partition coefficient (Wildman–Crippen LogP) is 1.61. The van der Waals surface area contributed by atoms with Crippen LogP contribution in [0.1, 0.15) is 0 Å². The summed E-state index contributed by atoms with van der Waals surface area (Å²) in [5.41, 5.74) is 0. The van der Waals surface area contributed by atoms with Crippen LogP contribution in [0.2, 0.25) is 0 Å². The maximum atomic E-state index is 4.39. The van der Waals surface area contributed by atoms with Gasteiger partial charge in [0.15, 0.2) is 0 Å². The van der Waals surface area contributed by atoms with E-state index in [0.29, 0.717) is 0 Å². The molecule has 0 aromatic rings. The van der Waals surface area contributed by atoms with E-state index in [1.165, 1.54) is 0 Å². The molecule has 0 fully saturated rings. The Hall–Kier alpha value is 1.61. The number of hydrogen-bond donors (Lipinski definition) is 0. The summed E-state index contributed by atoms with van der Waals surface area (Å²) < 4.78 is 0. The van der Waals surface area contributed by atoms with Gasteiger partial charge in [0.25, 0.3) is 0 Å². The van der Waals surface area contributed by atoms with E-state index in [0.717, 1.165) is 0 Å². The van der Waals surface area contributed by atoms with Crippen LogP contribution in [0.4, 0.5) is 0 Å². The van der Waals surface area contributed by atoms with Gasteiger partial charge < -0.3 is 0 Å². The first-order chi connectivity index (χ1) is 1.41. The summed E-state index contributed by atoms with van der Waals surface area (Å²) in [7, 11) is 8.78. The van der Waals surface area contributed by atoms with Crippen LogP contribution in [0.25, 0.3) is 0 Å². The van der Waals surface area contributed by atoms with Gasteiger partial charge in [-0.2, -0.15) is 0 Å². The molecular formula is BiClS2. The van der Waals surface area contributed by atoms with Crippen LogP contribution in [0.15, 0.2) is 0 Å². The molecule has 0 unspecified atom stereocenters. The van der Waals surface area contributed by atoms with E-state index in [-0.39, 0.29) is 12.4 Å². The number of halogens is 1. The quantitative estimate of drug-likeness (QED) is 0.624. The molecule has 0 aromatic carbocycles. The third-order valence-electron chi connectivity index (χ3n) is 0. The van der Waals surface area contributed by atoms with Crippen molar-refractivity contribution < 1.29 is 0 Å². The Labute approximate surface area is 48.8 Å². The van der Waals surface area contributed by atoms with Crippen LogP contribution in [-0.4, -0.2) is 19.2 Å². The summed E-state index contributed by atoms with van der Waals surface area (Å²) in [5.74, 6) is 0. The summed E-state index contributed by atoms with van der Waals surface area (Å²) in [5, 5.41) is 0. The van der Waals surface area contributed by atoms with E-state index >= 15 is 0 Å². The van der Waals surface area contributed by atoms with Crippen molar-refractivity contribution in [3.05, 3.63) is 0 Å². The zero-order valence-electron chi connectivity index (χ0n) is 1.64. The van der Waals surface area contributed by atoms with Crippen molar-refractivity contribution in [2.75, 3.05) is 0 Å². The molecule has 24 valence electrons. The first-order valence-corrected chi connectivity index (χ1v) is 9.61. The van der Waals surface area contributed by atoms with Gasteiger partial charge in [-0.3, -0.25) is 0 Å². The van der Waals surface area contributed by atoms with E-state index in [1.54, 1.807) is 0 Å². The van der Waals surface area contributed by atoms with Gasteiger partial charge in [0.05, 0.1) is 0 Å². The molecule has 0 aliphatic carbocycles. The molecule has 0 aliphatic heterocycles. The van der Waals surface area contributed by atoms with Crippen molar-refractivity contribution in [2.24, 2.45) is 0 Å². The average Bonchev–Trinajstić information content (AvgIpc) is 0.918. The maximum absolute atomic E-state index is 4.39. The van der Waals surface area contributed by atoms with Gasteiger partial charge in [0, 0.05) is 12.4 Å². The van der Waals surface area contributed by atoms with Crippen LogP contribution in [0, 0.1) is 0 Å². The van der Waals surface area contributed by atoms with Gasteiger partial charge in [-0.15, -0.1) is 0 Å². The third kappa shape index (κ3) is 9.48. The Morgan fingerprint density at radius 2 is 1.25 bits per heavy atom. The first kappa shape index (κ1) is 9.15. The number of hydrogen-bond acceptors (Lipinski definition) is 2. The minimum absolute atomic E-state index is 0. The van der Waals surface area contributed by atoms with Crippen LogP contribution in [0.5, 0.6) is 0 Å². The summed E-state index contributed by atoms with van der Waals surface area (Å²) in [6.45, 7) is 0. The zero-order chi connectivity index (χ0) is 2.71. The van der Waals surface area contributed by atoms with Crippen LogP contribution in [-0.2, 0) is 0 Å². The van der Waals surface area contributed by atoms with Crippen LogP contribution < -0.4 is 0 Å². The van der Waals surface area contributed by atoms with Crippen molar-refractivity contribution in [3.8, 4) is 0 Å². The second-order valence-corrected chi connectivity index (χ2v) is 5.89. The summed E-state index contributed by atoms with van der Waals surface area (Å²) in [4.78, 5) is 0. The van der Waals surface area contributed by atoms with Gasteiger partial charge in [-0.05, 0) is 0 Å². The third-order valence-corrected chi connectivity index (χ3v) is 0. The number of rotatable bonds is 0. The van der Waals surface area contributed by atoms with Gasteiger partial charge in [0.2, 0.25) is 0 Å². The molecule has 0 saturated carbocycles. The minimum atomic E-state index is -0.667. The Morgan fingerprint density at radius 3 is 1.25 bits per heavy atom. The van der Waals surface area contributed by atoms with Gasteiger partial charge in [-0.25, -0.2) is 0 Å². The van der Waals surface area contributed by atoms with Gasteiger partial charge in [-0.1, -0.05) is 0 Å². The Balaban J connectivity index is 0. The topological polar surface area (TPSA) is 0 Å². The molecule has 4 heavy (non-hydrogen) atoms. The SMILES string of the molecule is [Cl].[S]=[Bi]=[S]. The molecule has 0 N–H and O–H groups in total. The molecule has 0 bridgehead atoms. The molecule has 0 atom stereocenters. The zero-order valence-corrected chi connectivity index (χ0v) is 7.51. The predicted molar refractivity (Wildman–Crippen MR) is 26.8 cm³/mol. The van der Waals surface area contributed by atoms with Gasteiger partial charge in [0.1, 0.15) is 0 Å². The van der Waals surface area contributed by atoms with E-state index in [4.69, 9.17) is 0 Å². The Bertz CT molecular complexity index is 27.0. The van der Waals surface area contributed by atoms with Crippen LogP contribution >= 0.6 is 30.1 Å². The fraction of sp³-hybridized carbons (Fsp3) is 0. The molecule has 0 aliphatic rings. The fourth-order valence-corrected chi connectivity index (χ4v) is 0. The summed E-state index contributed by atoms with van der Waals surface area (Å²) in [6, 6.07) is 0. The normalized spacial score (nSPS) is 2.00. The molecular weight excluding hydrogens is 309 g/mol. The molecule has 0 spiro atoms. The van der Waals surface area contributed by atoms with E-state index in [1.807, 2.05) is 0 Å². The van der Waals surface area contributed by atoms with E-state index < -0.39 is 19.2 Å². The molecule has 0 amide bonds. The van der Waals surface area contributed by atoms with Gasteiger partial charge >= 0.3 is 36.9 Å². The second-order valence-electron chi connectivity index (χ2n) is 0.0745. The standard InChI is InChI=1S/Bi.Cl.2S. The van der Waals surface area contributed by atoms with E-state index in [2.05, 4.69) is 17.7 Å². The summed E-state index contributed by atoms with van der Waals surface area (Å²) >= 11 is -0.667. The van der Waals surface area contributed by atoms with Crippen molar-refractivity contribution in [3.63, 3.8) is 0 Å². The Kier molecular flexibility index (Phi) is 20.2. The molecule has 0 heterocycles. The van der Waals surface area contributed by atoms with Crippen molar-refractivity contribution in [2.45, 2.75) is 0 Å². The molecule has 0 rings (SSSR count). The monoisotopic (exact) mass is 308 g/mol. The van der Waals surface area contributed by atoms with Crippen molar-refractivity contribution in [1.29, 1.82) is 0 Å².